The van der Waals surface area contributed by atoms with Crippen LogP contribution in [0.15, 0.2) is 67.1 Å². The maximum atomic E-state index is 12.7. The Labute approximate surface area is 255 Å². The number of fused-ring (bicyclic) bond motifs is 6. The van der Waals surface area contributed by atoms with Gasteiger partial charge in [0.2, 0.25) is 5.95 Å². The van der Waals surface area contributed by atoms with E-state index in [1.165, 1.54) is 0 Å². The summed E-state index contributed by atoms with van der Waals surface area (Å²) in [7, 11) is 0. The van der Waals surface area contributed by atoms with Crippen molar-refractivity contribution in [3.8, 4) is 11.8 Å². The number of nitrogens with one attached hydrogen (secondary N) is 3. The number of amides is 2. The van der Waals surface area contributed by atoms with E-state index < -0.39 is 0 Å². The summed E-state index contributed by atoms with van der Waals surface area (Å²) in [6.45, 7) is 2.01. The largest absolute Gasteiger partial charge is 0.493 e. The number of hydrogen-bond acceptors (Lipinski definition) is 8. The number of aromatic nitrogens is 3. The maximum absolute atomic E-state index is 12.7. The average Bonchev–Trinajstić information content (AvgIpc) is 3.03. The van der Waals surface area contributed by atoms with Crippen molar-refractivity contribution in [2.24, 2.45) is 5.92 Å². The number of halogens is 1. The van der Waals surface area contributed by atoms with E-state index in [0.29, 0.717) is 53.7 Å². The second-order valence-corrected chi connectivity index (χ2v) is 11.1. The third kappa shape index (κ3) is 7.13. The molecule has 0 saturated carbocycles. The van der Waals surface area contributed by atoms with Gasteiger partial charge in [-0.15, -0.1) is 0 Å². The molecule has 10 nitrogen and oxygen atoms in total. The van der Waals surface area contributed by atoms with E-state index >= 15 is 0 Å². The van der Waals surface area contributed by atoms with Gasteiger partial charge in [0.15, 0.2) is 5.82 Å². The number of benzene rings is 2. The third-order valence-electron chi connectivity index (χ3n) is 7.75. The SMILES string of the molecule is N#Cc1ccc(NC(=O)N2CCC(CCOc3ccc4cc3CCc3cncc(c3)Nc3ncc(Cl)c(n3)N4)CC2)cc1. The van der Waals surface area contributed by atoms with E-state index in [-0.39, 0.29) is 6.03 Å². The molecule has 0 radical (unpaired) electrons. The third-order valence-corrected chi connectivity index (χ3v) is 8.03. The van der Waals surface area contributed by atoms with Crippen LogP contribution in [-0.2, 0) is 12.8 Å². The van der Waals surface area contributed by atoms with E-state index in [2.05, 4.69) is 49.1 Å². The summed E-state index contributed by atoms with van der Waals surface area (Å²) in [4.78, 5) is 27.8. The predicted molar refractivity (Wildman–Crippen MR) is 166 cm³/mol. The topological polar surface area (TPSA) is 128 Å². The minimum absolute atomic E-state index is 0.107. The number of nitriles is 1. The van der Waals surface area contributed by atoms with Gasteiger partial charge in [-0.1, -0.05) is 11.6 Å². The minimum atomic E-state index is -0.107. The first-order valence-corrected chi connectivity index (χ1v) is 14.7. The lowest BCUT2D eigenvalue weighted by Crippen LogP contribution is -2.41. The second-order valence-electron chi connectivity index (χ2n) is 10.7. The van der Waals surface area contributed by atoms with Gasteiger partial charge in [0, 0.05) is 30.7 Å². The molecule has 1 saturated heterocycles. The number of piperidine rings is 1. The van der Waals surface area contributed by atoms with Crippen LogP contribution in [-0.4, -0.2) is 45.6 Å². The van der Waals surface area contributed by atoms with Crippen LogP contribution in [0.2, 0.25) is 5.02 Å². The van der Waals surface area contributed by atoms with Crippen molar-refractivity contribution in [3.63, 3.8) is 0 Å². The molecule has 4 aromatic rings. The number of anilines is 5. The zero-order valence-electron chi connectivity index (χ0n) is 23.5. The number of likely N-dealkylation sites (tertiary alicyclic amines) is 1. The molecule has 6 bridgehead atoms. The van der Waals surface area contributed by atoms with E-state index in [9.17, 15) is 4.79 Å². The molecule has 0 atom stereocenters. The molecule has 2 aliphatic heterocycles. The highest BCUT2D eigenvalue weighted by Crippen LogP contribution is 2.31. The van der Waals surface area contributed by atoms with E-state index in [1.807, 2.05) is 23.2 Å². The Kier molecular flexibility index (Phi) is 8.52. The molecule has 2 amide bonds. The molecular weight excluding hydrogens is 564 g/mol. The molecule has 2 aromatic heterocycles. The normalized spacial score (nSPS) is 14.6. The Morgan fingerprint density at radius 3 is 2.70 bits per heavy atom. The summed E-state index contributed by atoms with van der Waals surface area (Å²) >= 11 is 6.39. The number of ether oxygens (including phenoxy) is 1. The lowest BCUT2D eigenvalue weighted by molar-refractivity contribution is 0.170. The number of nitrogens with zero attached hydrogens (tertiary/aromatic N) is 5. The predicted octanol–water partition coefficient (Wildman–Crippen LogP) is 6.70. The quantitative estimate of drug-likeness (QED) is 0.233. The Balaban J connectivity index is 1.06. The van der Waals surface area contributed by atoms with Gasteiger partial charge < -0.3 is 25.6 Å². The van der Waals surface area contributed by atoms with Crippen LogP contribution in [0.4, 0.5) is 33.6 Å². The minimum Gasteiger partial charge on any atom is -0.493 e. The lowest BCUT2D eigenvalue weighted by Gasteiger charge is -2.32. The Morgan fingerprint density at radius 2 is 1.88 bits per heavy atom. The van der Waals surface area contributed by atoms with Crippen molar-refractivity contribution in [2.45, 2.75) is 32.1 Å². The number of urea groups is 1. The molecule has 4 heterocycles. The molecule has 218 valence electrons. The molecule has 11 heteroatoms. The fraction of sp³-hybridized carbons (Fsp3) is 0.281. The molecule has 3 N–H and O–H groups in total. The van der Waals surface area contributed by atoms with Crippen LogP contribution < -0.4 is 20.7 Å². The van der Waals surface area contributed by atoms with E-state index in [0.717, 1.165) is 60.4 Å². The number of rotatable bonds is 5. The number of pyridine rings is 1. The Bertz CT molecular complexity index is 1650. The highest BCUT2D eigenvalue weighted by Gasteiger charge is 2.23. The van der Waals surface area contributed by atoms with Crippen molar-refractivity contribution in [1.82, 2.24) is 19.9 Å². The van der Waals surface area contributed by atoms with Crippen LogP contribution in [0, 0.1) is 17.2 Å². The first-order chi connectivity index (χ1) is 21.0. The first-order valence-electron chi connectivity index (χ1n) is 14.3. The van der Waals surface area contributed by atoms with Crippen LogP contribution in [0.25, 0.3) is 0 Å². The van der Waals surface area contributed by atoms with Crippen LogP contribution in [0.5, 0.6) is 5.75 Å². The van der Waals surface area contributed by atoms with Crippen molar-refractivity contribution >= 4 is 46.5 Å². The second kappa shape index (κ2) is 13.0. The summed E-state index contributed by atoms with van der Waals surface area (Å²) < 4.78 is 6.34. The summed E-state index contributed by atoms with van der Waals surface area (Å²) in [5.74, 6) is 2.29. The average molecular weight is 595 g/mol. The van der Waals surface area contributed by atoms with Gasteiger partial charge in [0.1, 0.15) is 10.8 Å². The van der Waals surface area contributed by atoms with E-state index in [4.69, 9.17) is 21.6 Å². The van der Waals surface area contributed by atoms with Gasteiger partial charge >= 0.3 is 6.03 Å². The fourth-order valence-electron chi connectivity index (χ4n) is 5.34. The summed E-state index contributed by atoms with van der Waals surface area (Å²) in [5.41, 5.74) is 5.11. The summed E-state index contributed by atoms with van der Waals surface area (Å²) in [5, 5.41) is 18.8. The maximum Gasteiger partial charge on any atom is 0.321 e. The van der Waals surface area contributed by atoms with Gasteiger partial charge in [0.05, 0.1) is 36.3 Å². The first kappa shape index (κ1) is 28.2. The standard InChI is InChI=1S/C32H31ClN8O2/c33-28-20-36-31-38-27-15-23(18-35-19-27)1-4-24-16-26(37-30(28)40-31)7-8-29(24)43-14-11-21-9-12-41(13-10-21)32(42)39-25-5-2-22(17-34)3-6-25/h2-3,5-8,15-16,18-21H,1,4,9-14H2,(H,39,42)(H2,36,37,38,40). The summed E-state index contributed by atoms with van der Waals surface area (Å²) in [6.07, 6.45) is 9.54. The summed E-state index contributed by atoms with van der Waals surface area (Å²) in [6, 6.07) is 17.0. The fourth-order valence-corrected chi connectivity index (χ4v) is 5.48. The van der Waals surface area contributed by atoms with Gasteiger partial charge in [-0.3, -0.25) is 4.98 Å². The Hall–Kier alpha value is -4.88. The van der Waals surface area contributed by atoms with Gasteiger partial charge in [-0.2, -0.15) is 10.2 Å². The molecular formula is C32H31ClN8O2. The number of aryl methyl sites for hydroxylation is 2. The number of hydrogen-bond donors (Lipinski definition) is 3. The van der Waals surface area contributed by atoms with Gasteiger partial charge in [-0.25, -0.2) is 9.78 Å². The lowest BCUT2D eigenvalue weighted by atomic mass is 9.94. The van der Waals surface area contributed by atoms with Gasteiger partial charge in [-0.05, 0) is 97.7 Å². The monoisotopic (exact) mass is 594 g/mol. The van der Waals surface area contributed by atoms with Crippen LogP contribution >= 0.6 is 11.6 Å². The molecule has 2 aromatic carbocycles. The number of carbonyl (C=O) groups excluding carboxylic acids is 1. The molecule has 1 fully saturated rings. The number of carbonyl (C=O) groups is 1. The van der Waals surface area contributed by atoms with Gasteiger partial charge in [0.25, 0.3) is 0 Å². The molecule has 6 rings (SSSR count). The Morgan fingerprint density at radius 1 is 1.05 bits per heavy atom. The zero-order valence-corrected chi connectivity index (χ0v) is 24.3. The van der Waals surface area contributed by atoms with Crippen molar-refractivity contribution in [1.29, 1.82) is 5.26 Å². The van der Waals surface area contributed by atoms with Crippen LogP contribution in [0.1, 0.15) is 36.0 Å². The van der Waals surface area contributed by atoms with E-state index in [1.54, 1.807) is 36.7 Å². The van der Waals surface area contributed by atoms with Crippen molar-refractivity contribution in [2.75, 3.05) is 35.6 Å². The molecule has 0 spiro atoms. The highest BCUT2D eigenvalue weighted by molar-refractivity contribution is 6.32. The van der Waals surface area contributed by atoms with Crippen molar-refractivity contribution in [3.05, 3.63) is 88.8 Å². The smallest absolute Gasteiger partial charge is 0.321 e. The zero-order chi connectivity index (χ0) is 29.6. The molecule has 0 aliphatic carbocycles. The molecule has 2 aliphatic rings. The molecule has 43 heavy (non-hydrogen) atoms. The highest BCUT2D eigenvalue weighted by atomic mass is 35.5. The molecule has 0 unspecified atom stereocenters. The van der Waals surface area contributed by atoms with Crippen molar-refractivity contribution < 1.29 is 9.53 Å². The van der Waals surface area contributed by atoms with Crippen LogP contribution in [0.3, 0.4) is 0 Å².